The van der Waals surface area contributed by atoms with Crippen molar-refractivity contribution in [3.05, 3.63) is 70.1 Å². The fourth-order valence-corrected chi connectivity index (χ4v) is 3.89. The Labute approximate surface area is 202 Å². The van der Waals surface area contributed by atoms with Crippen molar-refractivity contribution in [3.8, 4) is 0 Å². The molecule has 34 heavy (non-hydrogen) atoms. The minimum absolute atomic E-state index is 0.00847. The second-order valence-electron chi connectivity index (χ2n) is 8.87. The van der Waals surface area contributed by atoms with Crippen molar-refractivity contribution < 1.29 is 23.5 Å². The van der Waals surface area contributed by atoms with E-state index in [2.05, 4.69) is 10.3 Å². The van der Waals surface area contributed by atoms with Gasteiger partial charge in [-0.1, -0.05) is 29.8 Å². The Morgan fingerprint density at radius 1 is 1.21 bits per heavy atom. The molecule has 2 aromatic carbocycles. The first kappa shape index (κ1) is 25.2. The molecular weight excluding hydrogens is 461 g/mol. The van der Waals surface area contributed by atoms with Crippen LogP contribution in [0.1, 0.15) is 55.4 Å². The second-order valence-corrected chi connectivity index (χ2v) is 9.31. The van der Waals surface area contributed by atoms with Crippen LogP contribution in [0.25, 0.3) is 10.9 Å². The molecule has 1 atom stereocenters. The van der Waals surface area contributed by atoms with E-state index in [-0.39, 0.29) is 18.8 Å². The summed E-state index contributed by atoms with van der Waals surface area (Å²) in [6.45, 7) is 7.25. The highest BCUT2D eigenvalue weighted by Gasteiger charge is 2.36. The summed E-state index contributed by atoms with van der Waals surface area (Å²) >= 11 is 6.15. The Kier molecular flexibility index (Phi) is 7.61. The first-order valence-electron chi connectivity index (χ1n) is 10.8. The number of ether oxygens (including phenoxy) is 1. The van der Waals surface area contributed by atoms with Crippen LogP contribution >= 0.6 is 11.6 Å². The fraction of sp³-hybridized carbons (Fsp3) is 0.320. The number of H-pyrrole nitrogens is 1. The van der Waals surface area contributed by atoms with E-state index < -0.39 is 29.3 Å². The van der Waals surface area contributed by atoms with E-state index in [1.165, 1.54) is 29.2 Å². The molecule has 0 spiro atoms. The maximum Gasteiger partial charge on any atom is 0.355 e. The summed E-state index contributed by atoms with van der Waals surface area (Å²) in [6, 6.07) is 9.40. The van der Waals surface area contributed by atoms with Gasteiger partial charge in [0.1, 0.15) is 17.6 Å². The molecule has 0 aliphatic heterocycles. The third kappa shape index (κ3) is 5.75. The molecule has 1 heterocycles. The molecule has 0 aliphatic carbocycles. The summed E-state index contributed by atoms with van der Waals surface area (Å²) in [4.78, 5) is 43.0. The van der Waals surface area contributed by atoms with Crippen LogP contribution in [0.2, 0.25) is 5.02 Å². The molecule has 7 nitrogen and oxygen atoms in total. The number of carbonyl (C=O) groups excluding carboxylic acids is 3. The van der Waals surface area contributed by atoms with Crippen molar-refractivity contribution in [1.29, 1.82) is 0 Å². The maximum atomic E-state index is 13.6. The highest BCUT2D eigenvalue weighted by Crippen LogP contribution is 2.34. The summed E-state index contributed by atoms with van der Waals surface area (Å²) in [5, 5.41) is 3.88. The number of aromatic nitrogens is 1. The number of amides is 2. The molecule has 9 heteroatoms. The molecule has 3 rings (SSSR count). The standard InChI is InChI=1S/C25H27ClFN3O4/c1-5-34-24(33)21-20(18-11-8-16(26)12-19(18)28-21)22(23(32)29-25(2,3)4)30(14-31)13-15-6-9-17(27)10-7-15/h6-12,14,22,28H,5,13H2,1-4H3,(H,29,32). The topological polar surface area (TPSA) is 91.5 Å². The van der Waals surface area contributed by atoms with Crippen LogP contribution in [-0.4, -0.2) is 40.3 Å². The smallest absolute Gasteiger partial charge is 0.355 e. The third-order valence-electron chi connectivity index (χ3n) is 5.05. The second kappa shape index (κ2) is 10.3. The van der Waals surface area contributed by atoms with Crippen molar-refractivity contribution in [2.75, 3.05) is 6.61 Å². The van der Waals surface area contributed by atoms with Gasteiger partial charge in [0.15, 0.2) is 0 Å². The number of hydrogen-bond donors (Lipinski definition) is 2. The minimum Gasteiger partial charge on any atom is -0.461 e. The van der Waals surface area contributed by atoms with Crippen LogP contribution < -0.4 is 5.32 Å². The van der Waals surface area contributed by atoms with Crippen LogP contribution in [-0.2, 0) is 20.9 Å². The predicted octanol–water partition coefficient (Wildman–Crippen LogP) is 4.75. The third-order valence-corrected chi connectivity index (χ3v) is 5.28. The van der Waals surface area contributed by atoms with Crippen molar-refractivity contribution >= 4 is 40.8 Å². The Balaban J connectivity index is 2.21. The fourth-order valence-electron chi connectivity index (χ4n) is 3.72. The number of benzene rings is 2. The molecule has 3 aromatic rings. The van der Waals surface area contributed by atoms with Gasteiger partial charge in [0.05, 0.1) is 6.61 Å². The summed E-state index contributed by atoms with van der Waals surface area (Å²) in [6.07, 6.45) is 0.542. The molecule has 0 fully saturated rings. The monoisotopic (exact) mass is 487 g/mol. The lowest BCUT2D eigenvalue weighted by Crippen LogP contribution is -2.47. The minimum atomic E-state index is -1.18. The molecule has 0 saturated heterocycles. The molecule has 180 valence electrons. The quantitative estimate of drug-likeness (QED) is 0.354. The summed E-state index contributed by atoms with van der Waals surface area (Å²) < 4.78 is 18.6. The Morgan fingerprint density at radius 2 is 1.88 bits per heavy atom. The predicted molar refractivity (Wildman–Crippen MR) is 128 cm³/mol. The Bertz CT molecular complexity index is 1200. The van der Waals surface area contributed by atoms with Crippen molar-refractivity contribution in [2.24, 2.45) is 0 Å². The van der Waals surface area contributed by atoms with E-state index in [0.717, 1.165) is 0 Å². The van der Waals surface area contributed by atoms with E-state index in [1.807, 2.05) is 20.8 Å². The molecule has 2 N–H and O–H groups in total. The maximum absolute atomic E-state index is 13.6. The first-order chi connectivity index (χ1) is 16.0. The van der Waals surface area contributed by atoms with E-state index >= 15 is 0 Å². The molecular formula is C25H27ClFN3O4. The number of esters is 1. The van der Waals surface area contributed by atoms with Crippen LogP contribution in [0.15, 0.2) is 42.5 Å². The molecule has 1 unspecified atom stereocenters. The average molecular weight is 488 g/mol. The van der Waals surface area contributed by atoms with Crippen molar-refractivity contribution in [2.45, 2.75) is 45.8 Å². The van der Waals surface area contributed by atoms with Gasteiger partial charge in [0.2, 0.25) is 12.3 Å². The first-order valence-corrected chi connectivity index (χ1v) is 11.2. The number of nitrogens with one attached hydrogen (secondary N) is 2. The lowest BCUT2D eigenvalue weighted by Gasteiger charge is -2.31. The van der Waals surface area contributed by atoms with Gasteiger partial charge in [-0.2, -0.15) is 0 Å². The van der Waals surface area contributed by atoms with Gasteiger partial charge < -0.3 is 19.9 Å². The van der Waals surface area contributed by atoms with Gasteiger partial charge in [-0.15, -0.1) is 0 Å². The zero-order valence-corrected chi connectivity index (χ0v) is 20.2. The summed E-state index contributed by atoms with van der Waals surface area (Å²) in [5.41, 5.74) is 0.869. The van der Waals surface area contributed by atoms with Crippen LogP contribution in [0.5, 0.6) is 0 Å². The lowest BCUT2D eigenvalue weighted by atomic mass is 9.98. The van der Waals surface area contributed by atoms with Gasteiger partial charge in [0, 0.05) is 33.6 Å². The van der Waals surface area contributed by atoms with Crippen LogP contribution in [0.3, 0.4) is 0 Å². The zero-order chi connectivity index (χ0) is 25.0. The van der Waals surface area contributed by atoms with E-state index in [0.29, 0.717) is 33.5 Å². The highest BCUT2D eigenvalue weighted by atomic mass is 35.5. The number of carbonyl (C=O) groups is 3. The number of nitrogens with zero attached hydrogens (tertiary/aromatic N) is 1. The number of hydrogen-bond acceptors (Lipinski definition) is 4. The van der Waals surface area contributed by atoms with E-state index in [9.17, 15) is 18.8 Å². The summed E-state index contributed by atoms with van der Waals surface area (Å²) in [5.74, 6) is -1.56. The molecule has 0 aliphatic rings. The summed E-state index contributed by atoms with van der Waals surface area (Å²) in [7, 11) is 0. The molecule has 0 bridgehead atoms. The zero-order valence-electron chi connectivity index (χ0n) is 19.4. The largest absolute Gasteiger partial charge is 0.461 e. The van der Waals surface area contributed by atoms with Gasteiger partial charge in [-0.3, -0.25) is 9.59 Å². The molecule has 0 radical (unpaired) electrons. The van der Waals surface area contributed by atoms with Crippen molar-refractivity contribution in [3.63, 3.8) is 0 Å². The van der Waals surface area contributed by atoms with Crippen molar-refractivity contribution in [1.82, 2.24) is 15.2 Å². The number of aromatic amines is 1. The highest BCUT2D eigenvalue weighted by molar-refractivity contribution is 6.31. The Morgan fingerprint density at radius 3 is 2.47 bits per heavy atom. The number of halogens is 2. The SMILES string of the molecule is CCOC(=O)c1[nH]c2cc(Cl)ccc2c1C(C(=O)NC(C)(C)C)N(C=O)Cc1ccc(F)cc1. The number of rotatable bonds is 8. The Hall–Kier alpha value is -3.39. The van der Waals surface area contributed by atoms with Gasteiger partial charge in [-0.05, 0) is 57.5 Å². The van der Waals surface area contributed by atoms with Gasteiger partial charge >= 0.3 is 5.97 Å². The van der Waals surface area contributed by atoms with Gasteiger partial charge in [-0.25, -0.2) is 9.18 Å². The number of fused-ring (bicyclic) bond motifs is 1. The normalized spacial score (nSPS) is 12.3. The van der Waals surface area contributed by atoms with Gasteiger partial charge in [0.25, 0.3) is 0 Å². The lowest BCUT2D eigenvalue weighted by molar-refractivity contribution is -0.134. The van der Waals surface area contributed by atoms with Crippen LogP contribution in [0, 0.1) is 5.82 Å². The molecule has 1 aromatic heterocycles. The molecule has 2 amide bonds. The average Bonchev–Trinajstić information content (AvgIpc) is 3.12. The van der Waals surface area contributed by atoms with Crippen LogP contribution in [0.4, 0.5) is 4.39 Å². The molecule has 0 saturated carbocycles. The van der Waals surface area contributed by atoms with E-state index in [1.54, 1.807) is 25.1 Å². The van der Waals surface area contributed by atoms with E-state index in [4.69, 9.17) is 16.3 Å².